The van der Waals surface area contributed by atoms with E-state index in [-0.39, 0.29) is 12.7 Å². The Balaban J connectivity index is 1.33. The van der Waals surface area contributed by atoms with Crippen molar-refractivity contribution in [3.8, 4) is 0 Å². The van der Waals surface area contributed by atoms with Gasteiger partial charge < -0.3 is 9.64 Å². The molecule has 1 atom stereocenters. The molecule has 1 amide bonds. The number of amides is 1. The van der Waals surface area contributed by atoms with Gasteiger partial charge in [0.1, 0.15) is 12.6 Å². The first-order chi connectivity index (χ1) is 14.7. The summed E-state index contributed by atoms with van der Waals surface area (Å²) in [7, 11) is 0. The lowest BCUT2D eigenvalue weighted by Gasteiger charge is -2.31. The largest absolute Gasteiger partial charge is 0.447 e. The van der Waals surface area contributed by atoms with Gasteiger partial charge in [-0.15, -0.1) is 10.2 Å². The molecule has 1 aliphatic heterocycles. The first-order valence-corrected chi connectivity index (χ1v) is 10.4. The van der Waals surface area contributed by atoms with E-state index in [4.69, 9.17) is 16.3 Å². The van der Waals surface area contributed by atoms with E-state index in [1.54, 1.807) is 11.0 Å². The Hall–Kier alpha value is -3.00. The number of hydrogen-bond donors (Lipinski definition) is 0. The molecule has 0 saturated carbocycles. The maximum absolute atomic E-state index is 12.7. The summed E-state index contributed by atoms with van der Waals surface area (Å²) >= 11 is 6.34. The number of pyridine rings is 1. The van der Waals surface area contributed by atoms with Gasteiger partial charge in [0.25, 0.3) is 0 Å². The van der Waals surface area contributed by atoms with Crippen LogP contribution in [-0.2, 0) is 11.2 Å². The third-order valence-electron chi connectivity index (χ3n) is 5.42. The molecule has 156 valence electrons. The van der Waals surface area contributed by atoms with E-state index in [2.05, 4.69) is 20.4 Å². The van der Waals surface area contributed by atoms with Crippen LogP contribution < -0.4 is 0 Å². The zero-order valence-electron chi connectivity index (χ0n) is 16.5. The lowest BCUT2D eigenvalue weighted by atomic mass is 9.91. The minimum absolute atomic E-state index is 0.0792. The molecule has 4 rings (SSSR count). The Morgan fingerprint density at radius 2 is 1.93 bits per heavy atom. The molecule has 1 unspecified atom stereocenters. The fourth-order valence-electron chi connectivity index (χ4n) is 3.76. The van der Waals surface area contributed by atoms with Crippen molar-refractivity contribution >= 4 is 17.7 Å². The fraction of sp³-hybridized carbons (Fsp3) is 0.381. The van der Waals surface area contributed by atoms with Crippen LogP contribution in [0.15, 0.2) is 55.1 Å². The van der Waals surface area contributed by atoms with Crippen LogP contribution in [-0.4, -0.2) is 55.9 Å². The van der Waals surface area contributed by atoms with Crippen LogP contribution in [0.2, 0.25) is 5.02 Å². The van der Waals surface area contributed by atoms with Crippen LogP contribution >= 0.6 is 11.6 Å². The maximum Gasteiger partial charge on any atom is 0.409 e. The molecule has 0 radical (unpaired) electrons. The summed E-state index contributed by atoms with van der Waals surface area (Å²) in [6.45, 7) is 1.45. The van der Waals surface area contributed by atoms with Gasteiger partial charge in [-0.2, -0.15) is 4.80 Å². The predicted molar refractivity (Wildman–Crippen MR) is 111 cm³/mol. The number of likely N-dealkylation sites (tertiary alicyclic amines) is 1. The average Bonchev–Trinajstić information content (AvgIpc) is 3.31. The number of nitrogens with zero attached hydrogens (tertiary/aromatic N) is 6. The summed E-state index contributed by atoms with van der Waals surface area (Å²) in [5.74, 6) is 0.562. The second-order valence-electron chi connectivity index (χ2n) is 7.36. The van der Waals surface area contributed by atoms with E-state index < -0.39 is 6.04 Å². The van der Waals surface area contributed by atoms with E-state index in [9.17, 15) is 4.79 Å². The van der Waals surface area contributed by atoms with Gasteiger partial charge in [0.15, 0.2) is 6.33 Å². The molecule has 0 spiro atoms. The molecule has 1 fully saturated rings. The number of benzene rings is 1. The van der Waals surface area contributed by atoms with Crippen LogP contribution in [0.1, 0.15) is 30.0 Å². The molecule has 1 aliphatic rings. The SMILES string of the molecule is O=C(OCC(c1ccccc1Cl)n1ncnn1)N1CCC(Cc2ccncc2)CC1. The highest BCUT2D eigenvalue weighted by Gasteiger charge is 2.26. The lowest BCUT2D eigenvalue weighted by Crippen LogP contribution is -2.40. The Labute approximate surface area is 179 Å². The fourth-order valence-corrected chi connectivity index (χ4v) is 4.02. The van der Waals surface area contributed by atoms with Gasteiger partial charge in [-0.3, -0.25) is 4.98 Å². The Bertz CT molecular complexity index is 945. The van der Waals surface area contributed by atoms with Crippen molar-refractivity contribution in [1.82, 2.24) is 30.1 Å². The van der Waals surface area contributed by atoms with Gasteiger partial charge >= 0.3 is 6.09 Å². The summed E-state index contributed by atoms with van der Waals surface area (Å²) < 4.78 is 5.62. The average molecular weight is 427 g/mol. The Morgan fingerprint density at radius 1 is 1.17 bits per heavy atom. The zero-order valence-corrected chi connectivity index (χ0v) is 17.2. The first-order valence-electron chi connectivity index (χ1n) is 9.98. The van der Waals surface area contributed by atoms with Gasteiger partial charge in [0.2, 0.25) is 0 Å². The highest BCUT2D eigenvalue weighted by molar-refractivity contribution is 6.31. The standard InChI is InChI=1S/C21H23ClN6O2/c22-19-4-2-1-3-18(19)20(28-25-15-24-26-28)14-30-21(29)27-11-7-17(8-12-27)13-16-5-9-23-10-6-16/h1-6,9-10,15,17,20H,7-8,11-14H2. The highest BCUT2D eigenvalue weighted by atomic mass is 35.5. The number of piperidine rings is 1. The number of halogens is 1. The lowest BCUT2D eigenvalue weighted by molar-refractivity contribution is 0.0775. The molecular weight excluding hydrogens is 404 g/mol. The Kier molecular flexibility index (Phi) is 6.53. The van der Waals surface area contributed by atoms with Gasteiger partial charge in [-0.25, -0.2) is 4.79 Å². The topological polar surface area (TPSA) is 86.0 Å². The van der Waals surface area contributed by atoms with Crippen molar-refractivity contribution < 1.29 is 9.53 Å². The van der Waals surface area contributed by atoms with Crippen molar-refractivity contribution in [2.75, 3.05) is 19.7 Å². The molecule has 0 bridgehead atoms. The molecule has 3 heterocycles. The molecule has 1 aromatic carbocycles. The molecule has 0 aliphatic carbocycles. The van der Waals surface area contributed by atoms with E-state index in [1.807, 2.05) is 42.7 Å². The molecule has 30 heavy (non-hydrogen) atoms. The molecular formula is C21H23ClN6O2. The van der Waals surface area contributed by atoms with Gasteiger partial charge in [0.05, 0.1) is 0 Å². The minimum Gasteiger partial charge on any atom is -0.447 e. The number of aromatic nitrogens is 5. The molecule has 8 nitrogen and oxygen atoms in total. The summed E-state index contributed by atoms with van der Waals surface area (Å²) in [5, 5.41) is 12.4. The molecule has 2 aromatic heterocycles. The van der Waals surface area contributed by atoms with Crippen molar-refractivity contribution in [3.63, 3.8) is 0 Å². The molecule has 1 saturated heterocycles. The second-order valence-corrected chi connectivity index (χ2v) is 7.77. The number of ether oxygens (including phenoxy) is 1. The third kappa shape index (κ3) is 4.94. The van der Waals surface area contributed by atoms with Crippen molar-refractivity contribution in [2.24, 2.45) is 5.92 Å². The number of rotatable bonds is 6. The summed E-state index contributed by atoms with van der Waals surface area (Å²) in [6, 6.07) is 11.0. The van der Waals surface area contributed by atoms with Gasteiger partial charge in [0, 0.05) is 36.1 Å². The number of hydrogen-bond acceptors (Lipinski definition) is 6. The van der Waals surface area contributed by atoms with E-state index in [0.29, 0.717) is 24.0 Å². The molecule has 0 N–H and O–H groups in total. The monoisotopic (exact) mass is 426 g/mol. The summed E-state index contributed by atoms with van der Waals surface area (Å²) in [5.41, 5.74) is 2.06. The van der Waals surface area contributed by atoms with Crippen LogP contribution in [0.3, 0.4) is 0 Å². The number of carbonyl (C=O) groups excluding carboxylic acids is 1. The quantitative estimate of drug-likeness (QED) is 0.600. The van der Waals surface area contributed by atoms with Gasteiger partial charge in [-0.1, -0.05) is 29.8 Å². The van der Waals surface area contributed by atoms with Crippen LogP contribution in [0.25, 0.3) is 0 Å². The van der Waals surface area contributed by atoms with Crippen molar-refractivity contribution in [1.29, 1.82) is 0 Å². The highest BCUT2D eigenvalue weighted by Crippen LogP contribution is 2.26. The van der Waals surface area contributed by atoms with E-state index in [1.165, 1.54) is 16.7 Å². The van der Waals surface area contributed by atoms with Crippen molar-refractivity contribution in [3.05, 3.63) is 71.3 Å². The molecule has 9 heteroatoms. The maximum atomic E-state index is 12.7. The van der Waals surface area contributed by atoms with E-state index in [0.717, 1.165) is 24.8 Å². The normalized spacial score (nSPS) is 15.7. The third-order valence-corrected chi connectivity index (χ3v) is 5.76. The molecule has 3 aromatic rings. The predicted octanol–water partition coefficient (Wildman–Crippen LogP) is 3.40. The smallest absolute Gasteiger partial charge is 0.409 e. The number of tetrazole rings is 1. The second kappa shape index (κ2) is 9.67. The van der Waals surface area contributed by atoms with Gasteiger partial charge in [-0.05, 0) is 54.2 Å². The summed E-state index contributed by atoms with van der Waals surface area (Å²) in [4.78, 5) is 19.9. The Morgan fingerprint density at radius 3 is 2.63 bits per heavy atom. The zero-order chi connectivity index (χ0) is 20.8. The minimum atomic E-state index is -0.436. The van der Waals surface area contributed by atoms with Crippen molar-refractivity contribution in [2.45, 2.75) is 25.3 Å². The van der Waals surface area contributed by atoms with Crippen LogP contribution in [0.4, 0.5) is 4.79 Å². The first kappa shape index (κ1) is 20.3. The van der Waals surface area contributed by atoms with Crippen LogP contribution in [0.5, 0.6) is 0 Å². The van der Waals surface area contributed by atoms with Crippen LogP contribution in [0, 0.1) is 5.92 Å². The van der Waals surface area contributed by atoms with E-state index >= 15 is 0 Å². The summed E-state index contributed by atoms with van der Waals surface area (Å²) in [6.07, 6.45) is 7.58. The number of carbonyl (C=O) groups is 1.